The quantitative estimate of drug-likeness (QED) is 0.706. The van der Waals surface area contributed by atoms with Crippen LogP contribution in [0.1, 0.15) is 15.2 Å². The second-order valence-corrected chi connectivity index (χ2v) is 6.63. The van der Waals surface area contributed by atoms with Gasteiger partial charge in [-0.15, -0.1) is 11.3 Å². The van der Waals surface area contributed by atoms with Crippen LogP contribution in [0.4, 0.5) is 5.69 Å². The highest BCUT2D eigenvalue weighted by Gasteiger charge is 2.09. The lowest BCUT2D eigenvalue weighted by molar-refractivity contribution is -0.120. The number of hydrogen-bond acceptors (Lipinski definition) is 4. The summed E-state index contributed by atoms with van der Waals surface area (Å²) in [6.07, 6.45) is 0.301. The van der Waals surface area contributed by atoms with Crippen molar-refractivity contribution < 1.29 is 14.3 Å². The van der Waals surface area contributed by atoms with Crippen LogP contribution in [-0.2, 0) is 16.0 Å². The highest BCUT2D eigenvalue weighted by atomic mass is 79.9. The van der Waals surface area contributed by atoms with Crippen molar-refractivity contribution in [3.05, 3.63) is 50.6 Å². The SMILES string of the molecule is COCCNC(=O)Cc1ccc(NC(=O)c2cc(Br)cs2)cc1. The van der Waals surface area contributed by atoms with Gasteiger partial charge >= 0.3 is 0 Å². The van der Waals surface area contributed by atoms with Gasteiger partial charge in [0.05, 0.1) is 17.9 Å². The summed E-state index contributed by atoms with van der Waals surface area (Å²) in [7, 11) is 1.59. The fourth-order valence-electron chi connectivity index (χ4n) is 1.87. The van der Waals surface area contributed by atoms with Crippen molar-refractivity contribution in [2.24, 2.45) is 0 Å². The van der Waals surface area contributed by atoms with Gasteiger partial charge in [0.15, 0.2) is 0 Å². The van der Waals surface area contributed by atoms with Gasteiger partial charge in [0.1, 0.15) is 0 Å². The predicted molar refractivity (Wildman–Crippen MR) is 95.0 cm³/mol. The summed E-state index contributed by atoms with van der Waals surface area (Å²) >= 11 is 4.70. The maximum absolute atomic E-state index is 12.0. The van der Waals surface area contributed by atoms with Crippen LogP contribution < -0.4 is 10.6 Å². The molecule has 5 nitrogen and oxygen atoms in total. The Morgan fingerprint density at radius 3 is 2.61 bits per heavy atom. The number of ether oxygens (including phenoxy) is 1. The number of nitrogens with one attached hydrogen (secondary N) is 2. The predicted octanol–water partition coefficient (Wildman–Crippen LogP) is 3.07. The molecule has 2 amide bonds. The number of amides is 2. The van der Waals surface area contributed by atoms with Crippen LogP contribution in [0, 0.1) is 0 Å². The van der Waals surface area contributed by atoms with Crippen LogP contribution in [-0.4, -0.2) is 32.1 Å². The Morgan fingerprint density at radius 1 is 1.26 bits per heavy atom. The molecule has 0 saturated carbocycles. The molecule has 1 heterocycles. The lowest BCUT2D eigenvalue weighted by atomic mass is 10.1. The number of anilines is 1. The molecule has 2 N–H and O–H groups in total. The van der Waals surface area contributed by atoms with Gasteiger partial charge in [0, 0.05) is 29.2 Å². The summed E-state index contributed by atoms with van der Waals surface area (Å²) < 4.78 is 5.77. The molecule has 1 aromatic heterocycles. The van der Waals surface area contributed by atoms with Crippen molar-refractivity contribution in [1.29, 1.82) is 0 Å². The monoisotopic (exact) mass is 396 g/mol. The van der Waals surface area contributed by atoms with Crippen molar-refractivity contribution in [2.75, 3.05) is 25.6 Å². The maximum Gasteiger partial charge on any atom is 0.265 e. The molecule has 23 heavy (non-hydrogen) atoms. The van der Waals surface area contributed by atoms with Gasteiger partial charge < -0.3 is 15.4 Å². The number of benzene rings is 1. The van der Waals surface area contributed by atoms with Gasteiger partial charge in [-0.05, 0) is 39.7 Å². The molecule has 0 radical (unpaired) electrons. The molecular weight excluding hydrogens is 380 g/mol. The number of thiophene rings is 1. The average molecular weight is 397 g/mol. The van der Waals surface area contributed by atoms with E-state index in [0.29, 0.717) is 30.1 Å². The number of hydrogen-bond donors (Lipinski definition) is 2. The number of methoxy groups -OCH3 is 1. The van der Waals surface area contributed by atoms with Gasteiger partial charge in [-0.1, -0.05) is 12.1 Å². The summed E-state index contributed by atoms with van der Waals surface area (Å²) in [5, 5.41) is 7.45. The molecule has 7 heteroatoms. The summed E-state index contributed by atoms with van der Waals surface area (Å²) in [6.45, 7) is 0.995. The van der Waals surface area contributed by atoms with E-state index < -0.39 is 0 Å². The molecule has 0 fully saturated rings. The summed E-state index contributed by atoms with van der Waals surface area (Å²) in [4.78, 5) is 24.4. The van der Waals surface area contributed by atoms with Crippen LogP contribution in [0.15, 0.2) is 40.2 Å². The molecule has 2 rings (SSSR count). The highest BCUT2D eigenvalue weighted by molar-refractivity contribution is 9.10. The first-order valence-corrected chi connectivity index (χ1v) is 8.65. The van der Waals surface area contributed by atoms with E-state index in [1.165, 1.54) is 11.3 Å². The zero-order chi connectivity index (χ0) is 16.7. The van der Waals surface area contributed by atoms with Crippen molar-refractivity contribution in [3.63, 3.8) is 0 Å². The van der Waals surface area contributed by atoms with Gasteiger partial charge in [-0.25, -0.2) is 0 Å². The third-order valence-corrected chi connectivity index (χ3v) is 4.69. The number of carbonyl (C=O) groups is 2. The molecule has 0 bridgehead atoms. The maximum atomic E-state index is 12.0. The average Bonchev–Trinajstić information content (AvgIpc) is 2.96. The first kappa shape index (κ1) is 17.7. The summed E-state index contributed by atoms with van der Waals surface area (Å²) in [6, 6.07) is 9.01. The molecule has 0 aliphatic carbocycles. The second-order valence-electron chi connectivity index (χ2n) is 4.80. The van der Waals surface area contributed by atoms with Gasteiger partial charge in [-0.3, -0.25) is 9.59 Å². The molecule has 122 valence electrons. The first-order valence-electron chi connectivity index (χ1n) is 6.98. The minimum absolute atomic E-state index is 0.0535. The number of rotatable bonds is 7. The first-order chi connectivity index (χ1) is 11.1. The van der Waals surface area contributed by atoms with E-state index in [1.807, 2.05) is 17.5 Å². The molecule has 2 aromatic rings. The second kappa shape index (κ2) is 8.81. The van der Waals surface area contributed by atoms with Crippen LogP contribution in [0.2, 0.25) is 0 Å². The van der Waals surface area contributed by atoms with Crippen molar-refractivity contribution in [3.8, 4) is 0 Å². The van der Waals surface area contributed by atoms with E-state index in [2.05, 4.69) is 26.6 Å². The minimum Gasteiger partial charge on any atom is -0.383 e. The van der Waals surface area contributed by atoms with Gasteiger partial charge in [0.2, 0.25) is 5.91 Å². The Hall–Kier alpha value is -1.70. The molecule has 0 saturated heterocycles. The van der Waals surface area contributed by atoms with E-state index in [4.69, 9.17) is 4.74 Å². The Kier molecular flexibility index (Phi) is 6.76. The molecular formula is C16H17BrN2O3S. The molecule has 0 spiro atoms. The smallest absolute Gasteiger partial charge is 0.265 e. The lowest BCUT2D eigenvalue weighted by Crippen LogP contribution is -2.28. The van der Waals surface area contributed by atoms with Crippen LogP contribution in [0.5, 0.6) is 0 Å². The molecule has 0 unspecified atom stereocenters. The largest absolute Gasteiger partial charge is 0.383 e. The number of carbonyl (C=O) groups excluding carboxylic acids is 2. The molecule has 0 aliphatic rings. The zero-order valence-corrected chi connectivity index (χ0v) is 15.0. The van der Waals surface area contributed by atoms with Crippen molar-refractivity contribution in [2.45, 2.75) is 6.42 Å². The van der Waals surface area contributed by atoms with Crippen molar-refractivity contribution in [1.82, 2.24) is 5.32 Å². The zero-order valence-electron chi connectivity index (χ0n) is 12.6. The molecule has 1 aromatic carbocycles. The normalized spacial score (nSPS) is 10.3. The van der Waals surface area contributed by atoms with E-state index in [1.54, 1.807) is 25.3 Å². The topological polar surface area (TPSA) is 67.4 Å². The Labute approximate surface area is 147 Å². The van der Waals surface area contributed by atoms with E-state index in [9.17, 15) is 9.59 Å². The Balaban J connectivity index is 1.87. The Bertz CT molecular complexity index is 670. The highest BCUT2D eigenvalue weighted by Crippen LogP contribution is 2.21. The van der Waals surface area contributed by atoms with E-state index in [0.717, 1.165) is 10.0 Å². The third kappa shape index (κ3) is 5.78. The molecule has 0 atom stereocenters. The van der Waals surface area contributed by atoms with Crippen LogP contribution >= 0.6 is 27.3 Å². The standard InChI is InChI=1S/C16H17BrN2O3S/c1-22-7-6-18-15(20)8-11-2-4-13(5-3-11)19-16(21)14-9-12(17)10-23-14/h2-5,9-10H,6-8H2,1H3,(H,18,20)(H,19,21). The van der Waals surface area contributed by atoms with Gasteiger partial charge in [0.25, 0.3) is 5.91 Å². The minimum atomic E-state index is -0.147. The summed E-state index contributed by atoms with van der Waals surface area (Å²) in [5.74, 6) is -0.201. The van der Waals surface area contributed by atoms with Crippen molar-refractivity contribution >= 4 is 44.8 Å². The fourth-order valence-corrected chi connectivity index (χ4v) is 3.19. The molecule has 0 aliphatic heterocycles. The Morgan fingerprint density at radius 2 is 2.00 bits per heavy atom. The van der Waals surface area contributed by atoms with E-state index in [-0.39, 0.29) is 11.8 Å². The fraction of sp³-hybridized carbons (Fsp3) is 0.250. The van der Waals surface area contributed by atoms with E-state index >= 15 is 0 Å². The van der Waals surface area contributed by atoms with Crippen LogP contribution in [0.3, 0.4) is 0 Å². The lowest BCUT2D eigenvalue weighted by Gasteiger charge is -2.07. The third-order valence-electron chi connectivity index (χ3n) is 3.00. The van der Waals surface area contributed by atoms with Gasteiger partial charge in [-0.2, -0.15) is 0 Å². The summed E-state index contributed by atoms with van der Waals surface area (Å²) in [5.41, 5.74) is 1.58. The van der Waals surface area contributed by atoms with Crippen LogP contribution in [0.25, 0.3) is 0 Å². The number of halogens is 1.